The molecule has 59 heavy (non-hydrogen) atoms. The zero-order valence-electron chi connectivity index (χ0n) is 33.9. The average Bonchev–Trinajstić information content (AvgIpc) is 3.78. The summed E-state index contributed by atoms with van der Waals surface area (Å²) in [6, 6.07) is 75.7. The highest BCUT2D eigenvalue weighted by Gasteiger charge is 2.44. The van der Waals surface area contributed by atoms with E-state index in [1.54, 1.807) is 0 Å². The smallest absolute Gasteiger partial charge is 0.248 e. The van der Waals surface area contributed by atoms with E-state index in [-0.39, 0.29) is 0 Å². The zero-order chi connectivity index (χ0) is 40.4. The van der Waals surface area contributed by atoms with Crippen LogP contribution in [0.15, 0.2) is 211 Å². The van der Waals surface area contributed by atoms with E-state index in [0.29, 0.717) is 11.8 Å². The molecule has 0 bridgehead atoms. The molecule has 0 aliphatic rings. The molecule has 0 unspecified atom stereocenters. The van der Waals surface area contributed by atoms with Crippen LogP contribution in [0.3, 0.4) is 0 Å². The quantitative estimate of drug-likeness (QED) is 0.107. The zero-order valence-corrected chi connectivity index (χ0v) is 35.9. The summed E-state index contributed by atoms with van der Waals surface area (Å²) in [4.78, 5) is 0. The van der Waals surface area contributed by atoms with Crippen molar-refractivity contribution in [3.8, 4) is 22.9 Å². The van der Waals surface area contributed by atoms with Gasteiger partial charge in [-0.1, -0.05) is 194 Å². The van der Waals surface area contributed by atoms with Crippen LogP contribution in [-0.4, -0.2) is 26.3 Å². The molecular weight excluding hydrogens is 749 g/mol. The van der Waals surface area contributed by atoms with Crippen LogP contribution in [0.1, 0.15) is 22.3 Å². The highest BCUT2D eigenvalue weighted by molar-refractivity contribution is 7.20. The summed E-state index contributed by atoms with van der Waals surface area (Å²) in [6.45, 7) is 8.82. The standard InChI is InChI=1S/C54H46N2OSi2/c1-39-37-51(58(43-23-11-5-12-24-43,44-25-13-6-14-26-44)45-27-15-7-16-28-45)41(3)35-49(39)53-55-56-54(57-53)50-36-42(4)52(38-40(50)2)59(46-29-17-8-18-30-46,47-31-19-9-20-32-47)48-33-21-10-22-34-48/h5-38H,1-4H3. The van der Waals surface area contributed by atoms with Crippen LogP contribution in [0.5, 0.6) is 0 Å². The van der Waals surface area contributed by atoms with E-state index < -0.39 is 16.1 Å². The average molecular weight is 795 g/mol. The lowest BCUT2D eigenvalue weighted by Crippen LogP contribution is -2.75. The van der Waals surface area contributed by atoms with Crippen LogP contribution < -0.4 is 41.5 Å². The summed E-state index contributed by atoms with van der Waals surface area (Å²) in [5, 5.41) is 20.2. The monoisotopic (exact) mass is 794 g/mol. The van der Waals surface area contributed by atoms with E-state index in [1.165, 1.54) is 52.6 Å². The minimum atomic E-state index is -2.72. The molecule has 0 spiro atoms. The number of benzene rings is 8. The van der Waals surface area contributed by atoms with E-state index in [2.05, 4.69) is 234 Å². The van der Waals surface area contributed by atoms with Crippen molar-refractivity contribution in [2.24, 2.45) is 0 Å². The molecule has 9 aromatic rings. The first-order chi connectivity index (χ1) is 28.9. The third kappa shape index (κ3) is 6.53. The molecule has 0 amide bonds. The Morgan fingerprint density at radius 3 is 0.780 bits per heavy atom. The predicted molar refractivity (Wildman–Crippen MR) is 251 cm³/mol. The maximum atomic E-state index is 6.69. The van der Waals surface area contributed by atoms with Gasteiger partial charge in [0.1, 0.15) is 0 Å². The third-order valence-corrected chi connectivity index (χ3v) is 22.0. The lowest BCUT2D eigenvalue weighted by Gasteiger charge is -2.36. The van der Waals surface area contributed by atoms with Gasteiger partial charge in [0.2, 0.25) is 11.8 Å². The molecule has 1 heterocycles. The molecule has 3 nitrogen and oxygen atoms in total. The number of nitrogens with zero attached hydrogens (tertiary/aromatic N) is 2. The molecule has 0 aliphatic carbocycles. The summed E-state index contributed by atoms with van der Waals surface area (Å²) in [6.07, 6.45) is 0. The molecule has 9 rings (SSSR count). The molecule has 0 radical (unpaired) electrons. The van der Waals surface area contributed by atoms with Gasteiger partial charge in [0.05, 0.1) is 0 Å². The Morgan fingerprint density at radius 1 is 0.305 bits per heavy atom. The SMILES string of the molecule is Cc1cc([Si](c2ccccc2)(c2ccccc2)c2ccccc2)c(C)cc1-c1nnc(-c2cc(C)c([Si](c3ccccc3)(c3ccccc3)c3ccccc3)cc2C)o1. The molecular formula is C54H46N2OSi2. The van der Waals surface area contributed by atoms with Crippen molar-refractivity contribution in [1.82, 2.24) is 10.2 Å². The van der Waals surface area contributed by atoms with E-state index >= 15 is 0 Å². The van der Waals surface area contributed by atoms with E-state index in [1.807, 2.05) is 0 Å². The van der Waals surface area contributed by atoms with Gasteiger partial charge < -0.3 is 4.42 Å². The maximum Gasteiger partial charge on any atom is 0.248 e. The lowest BCUT2D eigenvalue weighted by molar-refractivity contribution is 0.583. The number of hydrogen-bond acceptors (Lipinski definition) is 3. The maximum absolute atomic E-state index is 6.69. The van der Waals surface area contributed by atoms with Gasteiger partial charge in [-0.15, -0.1) is 10.2 Å². The van der Waals surface area contributed by atoms with Crippen molar-refractivity contribution in [1.29, 1.82) is 0 Å². The summed E-state index contributed by atoms with van der Waals surface area (Å²) < 4.78 is 6.69. The van der Waals surface area contributed by atoms with Crippen LogP contribution >= 0.6 is 0 Å². The molecule has 1 aromatic heterocycles. The summed E-state index contributed by atoms with van der Waals surface area (Å²) >= 11 is 0. The first-order valence-electron chi connectivity index (χ1n) is 20.3. The van der Waals surface area contributed by atoms with Gasteiger partial charge in [0.15, 0.2) is 16.1 Å². The topological polar surface area (TPSA) is 38.9 Å². The molecule has 0 aliphatic heterocycles. The molecule has 0 saturated carbocycles. The van der Waals surface area contributed by atoms with Crippen molar-refractivity contribution >= 4 is 57.6 Å². The molecule has 8 aromatic carbocycles. The molecule has 5 heteroatoms. The Hall–Kier alpha value is -6.67. The van der Waals surface area contributed by atoms with E-state index in [0.717, 1.165) is 22.3 Å². The highest BCUT2D eigenvalue weighted by Crippen LogP contribution is 2.30. The van der Waals surface area contributed by atoms with Crippen LogP contribution in [0.4, 0.5) is 0 Å². The minimum Gasteiger partial charge on any atom is -0.416 e. The van der Waals surface area contributed by atoms with Crippen LogP contribution in [0.25, 0.3) is 22.9 Å². The second-order valence-corrected chi connectivity index (χ2v) is 23.1. The molecule has 286 valence electrons. The van der Waals surface area contributed by atoms with Crippen molar-refractivity contribution in [2.75, 3.05) is 0 Å². The lowest BCUT2D eigenvalue weighted by atomic mass is 10.1. The van der Waals surface area contributed by atoms with Gasteiger partial charge in [-0.05, 0) is 104 Å². The van der Waals surface area contributed by atoms with Crippen molar-refractivity contribution in [3.63, 3.8) is 0 Å². The van der Waals surface area contributed by atoms with Crippen molar-refractivity contribution < 1.29 is 4.42 Å². The fourth-order valence-electron chi connectivity index (χ4n) is 9.40. The van der Waals surface area contributed by atoms with Crippen molar-refractivity contribution in [2.45, 2.75) is 27.7 Å². The molecule has 0 saturated heterocycles. The Bertz CT molecular complexity index is 2460. The van der Waals surface area contributed by atoms with Crippen LogP contribution in [0, 0.1) is 27.7 Å². The summed E-state index contributed by atoms with van der Waals surface area (Å²) in [5.41, 5.74) is 6.53. The second kappa shape index (κ2) is 15.9. The summed E-state index contributed by atoms with van der Waals surface area (Å²) in [5.74, 6) is 1.06. The highest BCUT2D eigenvalue weighted by atomic mass is 28.3. The Balaban J connectivity index is 1.17. The van der Waals surface area contributed by atoms with E-state index in [4.69, 9.17) is 14.6 Å². The molecule has 0 N–H and O–H groups in total. The fourth-order valence-corrected chi connectivity index (χ4v) is 19.6. The second-order valence-electron chi connectivity index (χ2n) is 15.6. The van der Waals surface area contributed by atoms with Gasteiger partial charge in [0.25, 0.3) is 0 Å². The number of rotatable bonds is 10. The van der Waals surface area contributed by atoms with Gasteiger partial charge in [-0.25, -0.2) is 0 Å². The van der Waals surface area contributed by atoms with Crippen LogP contribution in [-0.2, 0) is 0 Å². The summed E-state index contributed by atoms with van der Waals surface area (Å²) in [7, 11) is -5.44. The number of aromatic nitrogens is 2. The number of hydrogen-bond donors (Lipinski definition) is 0. The van der Waals surface area contributed by atoms with Gasteiger partial charge in [0, 0.05) is 11.1 Å². The Labute approximate surface area is 349 Å². The number of aryl methyl sites for hydroxylation is 4. The van der Waals surface area contributed by atoms with Gasteiger partial charge in [-0.3, -0.25) is 0 Å². The van der Waals surface area contributed by atoms with Crippen LogP contribution in [0.2, 0.25) is 0 Å². The minimum absolute atomic E-state index is 0.529. The normalized spacial score (nSPS) is 11.7. The van der Waals surface area contributed by atoms with Gasteiger partial charge >= 0.3 is 0 Å². The fraction of sp³-hybridized carbons (Fsp3) is 0.0741. The first kappa shape index (κ1) is 37.9. The van der Waals surface area contributed by atoms with Crippen molar-refractivity contribution in [3.05, 3.63) is 229 Å². The third-order valence-electron chi connectivity index (χ3n) is 12.1. The van der Waals surface area contributed by atoms with E-state index in [9.17, 15) is 0 Å². The first-order valence-corrected chi connectivity index (χ1v) is 24.3. The molecule has 0 atom stereocenters. The molecule has 0 fully saturated rings. The Morgan fingerprint density at radius 2 is 0.542 bits per heavy atom. The largest absolute Gasteiger partial charge is 0.416 e. The predicted octanol–water partition coefficient (Wildman–Crippen LogP) is 7.39. The Kier molecular flexibility index (Phi) is 10.2. The van der Waals surface area contributed by atoms with Gasteiger partial charge in [-0.2, -0.15) is 0 Å².